The number of rotatable bonds is 11. The maximum atomic E-state index is 15.7. The fourth-order valence-corrected chi connectivity index (χ4v) is 8.96. The Bertz CT molecular complexity index is 2750. The SMILES string of the molecule is Cn1nc(NS(C)(=O)=O)c2c(Cl)ccc(-c3cc4nc(C5CC5)oc4nc3[C@H](Cc3cc(F)cc(F)c3)NC(=O)Cn3nc(C(F)F)c4c3C(F)(F)[C@@H]3CC[C@H]43)c21. The van der Waals surface area contributed by atoms with Crippen LogP contribution in [0.3, 0.4) is 0 Å². The molecule has 0 saturated heterocycles. The lowest BCUT2D eigenvalue weighted by molar-refractivity contribution is -0.123. The Balaban J connectivity index is 1.20. The van der Waals surface area contributed by atoms with Gasteiger partial charge in [0.15, 0.2) is 5.82 Å². The molecular formula is C37H31ClF6N8O4S. The molecule has 3 aliphatic carbocycles. The van der Waals surface area contributed by atoms with Gasteiger partial charge in [0.05, 0.1) is 33.9 Å². The van der Waals surface area contributed by atoms with E-state index in [0.29, 0.717) is 45.2 Å². The number of nitrogens with zero attached hydrogens (tertiary/aromatic N) is 6. The molecule has 57 heavy (non-hydrogen) atoms. The van der Waals surface area contributed by atoms with Gasteiger partial charge in [-0.1, -0.05) is 17.7 Å². The van der Waals surface area contributed by atoms with Gasteiger partial charge in [0.25, 0.3) is 12.3 Å². The highest BCUT2D eigenvalue weighted by Crippen LogP contribution is 2.63. The number of hydrogen-bond acceptors (Lipinski definition) is 8. The van der Waals surface area contributed by atoms with Gasteiger partial charge in [0, 0.05) is 41.6 Å². The third kappa shape index (κ3) is 6.47. The second-order valence-electron chi connectivity index (χ2n) is 14.9. The van der Waals surface area contributed by atoms with Crippen LogP contribution in [0, 0.1) is 17.6 Å². The second-order valence-corrected chi connectivity index (χ2v) is 17.0. The number of fused-ring (bicyclic) bond motifs is 5. The van der Waals surface area contributed by atoms with Crippen LogP contribution in [0.25, 0.3) is 33.3 Å². The number of hydrogen-bond donors (Lipinski definition) is 2. The summed E-state index contributed by atoms with van der Waals surface area (Å²) in [6, 6.07) is 6.23. The highest BCUT2D eigenvalue weighted by atomic mass is 35.5. The van der Waals surface area contributed by atoms with E-state index in [-0.39, 0.29) is 57.5 Å². The number of alkyl halides is 4. The highest BCUT2D eigenvalue weighted by molar-refractivity contribution is 7.92. The predicted octanol–water partition coefficient (Wildman–Crippen LogP) is 7.79. The minimum Gasteiger partial charge on any atom is -0.422 e. The van der Waals surface area contributed by atoms with Crippen LogP contribution in [-0.4, -0.2) is 50.1 Å². The van der Waals surface area contributed by atoms with Crippen LogP contribution in [0.4, 0.5) is 32.2 Å². The van der Waals surface area contributed by atoms with Crippen LogP contribution in [0.1, 0.15) is 84.1 Å². The molecule has 2 saturated carbocycles. The number of aryl methyl sites for hydroxylation is 1. The van der Waals surface area contributed by atoms with Crippen molar-refractivity contribution in [2.45, 2.75) is 68.9 Å². The summed E-state index contributed by atoms with van der Waals surface area (Å²) in [5.41, 5.74) is -0.228. The summed E-state index contributed by atoms with van der Waals surface area (Å²) in [6.45, 7) is -0.892. The number of aromatic nitrogens is 6. The molecule has 6 aromatic rings. The number of sulfonamides is 1. The molecule has 4 aromatic heterocycles. The number of pyridine rings is 1. The number of carbonyl (C=O) groups excluding carboxylic acids is 1. The van der Waals surface area contributed by atoms with Gasteiger partial charge >= 0.3 is 0 Å². The maximum absolute atomic E-state index is 15.7. The molecule has 4 heterocycles. The second kappa shape index (κ2) is 13.2. The first-order valence-electron chi connectivity index (χ1n) is 17.9. The van der Waals surface area contributed by atoms with E-state index in [4.69, 9.17) is 21.0 Å². The van der Waals surface area contributed by atoms with Crippen molar-refractivity contribution in [3.8, 4) is 11.1 Å². The summed E-state index contributed by atoms with van der Waals surface area (Å²) in [5.74, 6) is -7.84. The van der Waals surface area contributed by atoms with Crippen LogP contribution in [-0.2, 0) is 40.8 Å². The van der Waals surface area contributed by atoms with Gasteiger partial charge in [0.1, 0.15) is 35.1 Å². The molecule has 12 nitrogen and oxygen atoms in total. The Kier molecular flexibility index (Phi) is 8.65. The van der Waals surface area contributed by atoms with Gasteiger partial charge in [-0.15, -0.1) is 0 Å². The normalized spacial score (nSPS) is 19.2. The summed E-state index contributed by atoms with van der Waals surface area (Å²) in [4.78, 5) is 23.5. The first-order chi connectivity index (χ1) is 27.0. The largest absolute Gasteiger partial charge is 0.422 e. The van der Waals surface area contributed by atoms with Gasteiger partial charge in [-0.3, -0.25) is 18.9 Å². The number of oxazole rings is 1. The zero-order chi connectivity index (χ0) is 40.3. The van der Waals surface area contributed by atoms with E-state index >= 15 is 8.78 Å². The summed E-state index contributed by atoms with van der Waals surface area (Å²) in [5, 5.41) is 11.3. The van der Waals surface area contributed by atoms with Crippen molar-refractivity contribution in [1.82, 2.24) is 34.8 Å². The van der Waals surface area contributed by atoms with E-state index in [1.54, 1.807) is 19.2 Å². The number of anilines is 1. The predicted molar refractivity (Wildman–Crippen MR) is 194 cm³/mol. The molecule has 3 atom stereocenters. The van der Waals surface area contributed by atoms with Crippen molar-refractivity contribution in [2.75, 3.05) is 11.0 Å². The van der Waals surface area contributed by atoms with E-state index in [9.17, 15) is 30.8 Å². The lowest BCUT2D eigenvalue weighted by Crippen LogP contribution is -2.36. The average Bonchev–Trinajstić information content (AvgIpc) is 3.57. The Morgan fingerprint density at radius 1 is 1.02 bits per heavy atom. The molecule has 20 heteroatoms. The van der Waals surface area contributed by atoms with E-state index in [0.717, 1.165) is 31.2 Å². The summed E-state index contributed by atoms with van der Waals surface area (Å²) in [7, 11) is -2.27. The van der Waals surface area contributed by atoms with Gasteiger partial charge in [0.2, 0.25) is 27.5 Å². The van der Waals surface area contributed by atoms with Crippen molar-refractivity contribution in [3.63, 3.8) is 0 Å². The fraction of sp³-hybridized carbons (Fsp3) is 0.378. The van der Waals surface area contributed by atoms with Gasteiger partial charge in [-0.2, -0.15) is 19.0 Å². The molecule has 2 N–H and O–H groups in total. The number of nitrogens with one attached hydrogen (secondary N) is 2. The van der Waals surface area contributed by atoms with Crippen molar-refractivity contribution < 1.29 is 44.0 Å². The molecule has 0 spiro atoms. The molecule has 0 radical (unpaired) electrons. The van der Waals surface area contributed by atoms with E-state index in [1.807, 2.05) is 0 Å². The van der Waals surface area contributed by atoms with Crippen molar-refractivity contribution in [2.24, 2.45) is 13.0 Å². The monoisotopic (exact) mass is 832 g/mol. The Hall–Kier alpha value is -5.17. The topological polar surface area (TPSA) is 150 Å². The zero-order valence-corrected chi connectivity index (χ0v) is 31.5. The zero-order valence-electron chi connectivity index (χ0n) is 30.0. The molecule has 3 aliphatic rings. The Morgan fingerprint density at radius 2 is 1.75 bits per heavy atom. The van der Waals surface area contributed by atoms with Crippen molar-refractivity contribution >= 4 is 55.5 Å². The van der Waals surface area contributed by atoms with Crippen molar-refractivity contribution in [1.29, 1.82) is 0 Å². The molecule has 2 aromatic carbocycles. The standard InChI is InChI=1S/C37H31ClF6N8O4S/c1-51-31-19(6-8-23(38)28(31)34(49-51)50-57(2,54)55)21-13-25-36(56-35(46-25)16-3-4-16)47-29(21)24(11-15-9-17(39)12-18(40)10-15)45-26(53)14-52-32-27(30(48-52)33(41)42)20-5-7-22(20)37(32,43)44/h6,8-10,12-13,16,20,22,24,33H,3-5,7,11,14H2,1-2H3,(H,45,53)(H,49,50)/t20-,22+,24-/m0/s1. The summed E-state index contributed by atoms with van der Waals surface area (Å²) >= 11 is 6.62. The number of halogens is 7. The Labute approximate surface area is 324 Å². The van der Waals surface area contributed by atoms with E-state index < -0.39 is 75.7 Å². The molecule has 2 fully saturated rings. The number of carbonyl (C=O) groups is 1. The van der Waals surface area contributed by atoms with Gasteiger partial charge in [-0.05, 0) is 67.9 Å². The van der Waals surface area contributed by atoms with Crippen LogP contribution < -0.4 is 10.0 Å². The molecule has 0 aliphatic heterocycles. The molecule has 0 unspecified atom stereocenters. The minimum absolute atomic E-state index is 0.0584. The molecule has 0 bridgehead atoms. The third-order valence-corrected chi connectivity index (χ3v) is 11.7. The third-order valence-electron chi connectivity index (χ3n) is 10.8. The average molecular weight is 833 g/mol. The van der Waals surface area contributed by atoms with Crippen LogP contribution >= 0.6 is 11.6 Å². The highest BCUT2D eigenvalue weighted by Gasteiger charge is 2.62. The van der Waals surface area contributed by atoms with Crippen molar-refractivity contribution in [3.05, 3.63) is 87.2 Å². The number of benzene rings is 2. The first-order valence-corrected chi connectivity index (χ1v) is 20.2. The molecule has 9 rings (SSSR count). The Morgan fingerprint density at radius 3 is 2.40 bits per heavy atom. The van der Waals surface area contributed by atoms with Crippen LogP contribution in [0.2, 0.25) is 5.02 Å². The maximum Gasteiger partial charge on any atom is 0.293 e. The fourth-order valence-electron chi connectivity index (χ4n) is 8.22. The first kappa shape index (κ1) is 37.4. The smallest absolute Gasteiger partial charge is 0.293 e. The van der Waals surface area contributed by atoms with Crippen LogP contribution in [0.5, 0.6) is 0 Å². The molecular weight excluding hydrogens is 802 g/mol. The molecule has 1 amide bonds. The lowest BCUT2D eigenvalue weighted by atomic mass is 9.73. The van der Waals surface area contributed by atoms with Gasteiger partial charge < -0.3 is 9.73 Å². The van der Waals surface area contributed by atoms with Gasteiger partial charge in [-0.25, -0.2) is 35.9 Å². The van der Waals surface area contributed by atoms with E-state index in [1.165, 1.54) is 10.7 Å². The summed E-state index contributed by atoms with van der Waals surface area (Å²) < 4.78 is 124. The number of amides is 1. The van der Waals surface area contributed by atoms with Crippen LogP contribution in [0.15, 0.2) is 40.8 Å². The quantitative estimate of drug-likeness (QED) is 0.126. The lowest BCUT2D eigenvalue weighted by Gasteiger charge is -2.34. The van der Waals surface area contributed by atoms with E-state index in [2.05, 4.69) is 25.2 Å². The minimum atomic E-state index is -3.82. The summed E-state index contributed by atoms with van der Waals surface area (Å²) in [6.07, 6.45) is -0.422. The molecule has 298 valence electrons.